The first-order valence-corrected chi connectivity index (χ1v) is 6.79. The zero-order valence-electron chi connectivity index (χ0n) is 10.3. The second-order valence-corrected chi connectivity index (χ2v) is 5.21. The lowest BCUT2D eigenvalue weighted by Crippen LogP contribution is -2.04. The Morgan fingerprint density at radius 2 is 2.05 bits per heavy atom. The van der Waals surface area contributed by atoms with Crippen LogP contribution in [0.2, 0.25) is 0 Å². The van der Waals surface area contributed by atoms with Crippen LogP contribution in [0.4, 0.5) is 15.8 Å². The Morgan fingerprint density at radius 3 is 2.85 bits per heavy atom. The number of para-hydroxylation sites is 1. The van der Waals surface area contributed by atoms with Gasteiger partial charge in [-0.1, -0.05) is 6.07 Å². The van der Waals surface area contributed by atoms with E-state index in [-0.39, 0.29) is 11.3 Å². The molecule has 0 bridgehead atoms. The molecule has 2 N–H and O–H groups in total. The van der Waals surface area contributed by atoms with Gasteiger partial charge in [0.05, 0.1) is 11.3 Å². The molecule has 0 saturated heterocycles. The maximum absolute atomic E-state index is 13.8. The number of thiophene rings is 1. The third-order valence-electron chi connectivity index (χ3n) is 2.97. The van der Waals surface area contributed by atoms with Crippen molar-refractivity contribution < 1.29 is 14.3 Å². The molecule has 5 heteroatoms. The van der Waals surface area contributed by atoms with E-state index < -0.39 is 11.8 Å². The molecule has 0 spiro atoms. The van der Waals surface area contributed by atoms with Crippen LogP contribution in [0, 0.1) is 5.82 Å². The molecule has 100 valence electrons. The van der Waals surface area contributed by atoms with E-state index in [9.17, 15) is 9.18 Å². The molecule has 0 amide bonds. The highest BCUT2D eigenvalue weighted by Crippen LogP contribution is 2.28. The van der Waals surface area contributed by atoms with Crippen LogP contribution < -0.4 is 5.32 Å². The van der Waals surface area contributed by atoms with E-state index in [0.29, 0.717) is 5.69 Å². The zero-order chi connectivity index (χ0) is 14.1. The number of carbonyl (C=O) groups is 1. The van der Waals surface area contributed by atoms with Crippen molar-refractivity contribution in [3.8, 4) is 0 Å². The van der Waals surface area contributed by atoms with Crippen LogP contribution in [0.5, 0.6) is 0 Å². The normalized spacial score (nSPS) is 10.7. The molecule has 0 radical (unpaired) electrons. The fourth-order valence-electron chi connectivity index (χ4n) is 2.02. The van der Waals surface area contributed by atoms with Gasteiger partial charge in [0.2, 0.25) is 0 Å². The minimum Gasteiger partial charge on any atom is -0.478 e. The Hall–Kier alpha value is -2.40. The molecule has 20 heavy (non-hydrogen) atoms. The first kappa shape index (κ1) is 12.6. The van der Waals surface area contributed by atoms with Gasteiger partial charge < -0.3 is 10.4 Å². The van der Waals surface area contributed by atoms with Crippen LogP contribution in [0.1, 0.15) is 10.4 Å². The Morgan fingerprint density at radius 1 is 1.20 bits per heavy atom. The number of benzene rings is 2. The summed E-state index contributed by atoms with van der Waals surface area (Å²) in [5.41, 5.74) is 0.550. The zero-order valence-corrected chi connectivity index (χ0v) is 11.1. The van der Waals surface area contributed by atoms with Crippen molar-refractivity contribution in [2.24, 2.45) is 0 Å². The molecule has 3 rings (SSSR count). The van der Waals surface area contributed by atoms with Crippen LogP contribution in [0.25, 0.3) is 10.1 Å². The van der Waals surface area contributed by atoms with Crippen LogP contribution in [-0.2, 0) is 0 Å². The molecule has 0 aliphatic carbocycles. The lowest BCUT2D eigenvalue weighted by atomic mass is 10.1. The smallest absolute Gasteiger partial charge is 0.337 e. The van der Waals surface area contributed by atoms with E-state index in [1.807, 2.05) is 23.6 Å². The second-order valence-electron chi connectivity index (χ2n) is 4.27. The largest absolute Gasteiger partial charge is 0.478 e. The first-order chi connectivity index (χ1) is 9.65. The fourth-order valence-corrected chi connectivity index (χ4v) is 2.79. The molecular weight excluding hydrogens is 277 g/mol. The van der Waals surface area contributed by atoms with Gasteiger partial charge in [0, 0.05) is 10.4 Å². The highest BCUT2D eigenvalue weighted by Gasteiger charge is 2.14. The minimum absolute atomic E-state index is 0.0189. The number of carboxylic acid groups (broad SMARTS) is 1. The summed E-state index contributed by atoms with van der Waals surface area (Å²) in [5, 5.41) is 15.0. The van der Waals surface area contributed by atoms with Crippen molar-refractivity contribution >= 4 is 38.8 Å². The van der Waals surface area contributed by atoms with Crippen molar-refractivity contribution in [1.29, 1.82) is 0 Å². The molecule has 1 heterocycles. The highest BCUT2D eigenvalue weighted by atomic mass is 32.1. The number of aromatic carboxylic acids is 1. The quantitative estimate of drug-likeness (QED) is 0.746. The molecular formula is C15H10FNO2S. The summed E-state index contributed by atoms with van der Waals surface area (Å²) >= 11 is 1.62. The molecule has 3 nitrogen and oxygen atoms in total. The van der Waals surface area contributed by atoms with Crippen LogP contribution >= 0.6 is 11.3 Å². The van der Waals surface area contributed by atoms with E-state index in [4.69, 9.17) is 5.11 Å². The lowest BCUT2D eigenvalue weighted by Gasteiger charge is -2.10. The van der Waals surface area contributed by atoms with E-state index in [2.05, 4.69) is 5.32 Å². The average Bonchev–Trinajstić information content (AvgIpc) is 2.88. The van der Waals surface area contributed by atoms with Gasteiger partial charge in [-0.25, -0.2) is 9.18 Å². The predicted molar refractivity (Wildman–Crippen MR) is 78.5 cm³/mol. The first-order valence-electron chi connectivity index (χ1n) is 5.91. The van der Waals surface area contributed by atoms with Gasteiger partial charge in [-0.15, -0.1) is 11.3 Å². The number of fused-ring (bicyclic) bond motifs is 1. The maximum Gasteiger partial charge on any atom is 0.337 e. The van der Waals surface area contributed by atoms with Gasteiger partial charge in [0.1, 0.15) is 5.82 Å². The molecule has 0 atom stereocenters. The number of halogens is 1. The van der Waals surface area contributed by atoms with E-state index in [0.717, 1.165) is 10.1 Å². The molecule has 0 aliphatic rings. The molecule has 0 aliphatic heterocycles. The van der Waals surface area contributed by atoms with Gasteiger partial charge in [-0.05, 0) is 47.2 Å². The number of hydrogen-bond acceptors (Lipinski definition) is 3. The van der Waals surface area contributed by atoms with E-state index >= 15 is 0 Å². The van der Waals surface area contributed by atoms with E-state index in [1.54, 1.807) is 17.4 Å². The van der Waals surface area contributed by atoms with Crippen molar-refractivity contribution in [2.45, 2.75) is 0 Å². The van der Waals surface area contributed by atoms with Gasteiger partial charge in [0.15, 0.2) is 0 Å². The fraction of sp³-hybridized carbons (Fsp3) is 0. The Balaban J connectivity index is 2.04. The number of nitrogens with one attached hydrogen (secondary N) is 1. The van der Waals surface area contributed by atoms with Crippen molar-refractivity contribution in [3.05, 3.63) is 59.2 Å². The number of hydrogen-bond donors (Lipinski definition) is 2. The number of rotatable bonds is 3. The van der Waals surface area contributed by atoms with Gasteiger partial charge in [0.25, 0.3) is 0 Å². The molecule has 3 aromatic rings. The SMILES string of the molecule is O=C(O)c1cccc(F)c1Nc1ccc2sccc2c1. The van der Waals surface area contributed by atoms with Gasteiger partial charge >= 0.3 is 5.97 Å². The van der Waals surface area contributed by atoms with E-state index in [1.165, 1.54) is 18.2 Å². The van der Waals surface area contributed by atoms with Crippen LogP contribution in [0.3, 0.4) is 0 Å². The summed E-state index contributed by atoms with van der Waals surface area (Å²) in [6.45, 7) is 0. The topological polar surface area (TPSA) is 49.3 Å². The van der Waals surface area contributed by atoms with Crippen molar-refractivity contribution in [2.75, 3.05) is 5.32 Å². The molecule has 0 unspecified atom stereocenters. The summed E-state index contributed by atoms with van der Waals surface area (Å²) in [7, 11) is 0. The van der Waals surface area contributed by atoms with Gasteiger partial charge in [-0.2, -0.15) is 0 Å². The number of anilines is 2. The maximum atomic E-state index is 13.8. The van der Waals surface area contributed by atoms with Crippen LogP contribution in [0.15, 0.2) is 47.8 Å². The van der Waals surface area contributed by atoms with Gasteiger partial charge in [-0.3, -0.25) is 0 Å². The summed E-state index contributed by atoms with van der Waals surface area (Å²) in [4.78, 5) is 11.1. The highest BCUT2D eigenvalue weighted by molar-refractivity contribution is 7.17. The predicted octanol–water partition coefficient (Wildman–Crippen LogP) is 4.48. The molecule has 0 fully saturated rings. The lowest BCUT2D eigenvalue weighted by molar-refractivity contribution is 0.0697. The third kappa shape index (κ3) is 2.23. The molecule has 0 saturated carbocycles. The van der Waals surface area contributed by atoms with Crippen molar-refractivity contribution in [3.63, 3.8) is 0 Å². The summed E-state index contributed by atoms with van der Waals surface area (Å²) in [6.07, 6.45) is 0. The van der Waals surface area contributed by atoms with Crippen LogP contribution in [-0.4, -0.2) is 11.1 Å². The standard InChI is InChI=1S/C15H10FNO2S/c16-12-3-1-2-11(15(18)19)14(12)17-10-4-5-13-9(8-10)6-7-20-13/h1-8,17H,(H,18,19). The average molecular weight is 287 g/mol. The molecule has 2 aromatic carbocycles. The Labute approximate surface area is 118 Å². The van der Waals surface area contributed by atoms with Crippen molar-refractivity contribution in [1.82, 2.24) is 0 Å². The molecule has 1 aromatic heterocycles. The third-order valence-corrected chi connectivity index (χ3v) is 3.86. The summed E-state index contributed by atoms with van der Waals surface area (Å²) in [5.74, 6) is -1.75. The monoisotopic (exact) mass is 287 g/mol. The summed E-state index contributed by atoms with van der Waals surface area (Å²) in [6, 6.07) is 11.5. The Kier molecular flexibility index (Phi) is 3.12. The number of carboxylic acids is 1. The minimum atomic E-state index is -1.16. The second kappa shape index (κ2) is 4.94. The summed E-state index contributed by atoms with van der Waals surface area (Å²) < 4.78 is 15.0. The Bertz CT molecular complexity index is 797.